The number of fused-ring (bicyclic) bond motifs is 1. The van der Waals surface area contributed by atoms with Gasteiger partial charge in [-0.05, 0) is 85.9 Å². The van der Waals surface area contributed by atoms with Crippen LogP contribution in [-0.4, -0.2) is 109 Å². The average Bonchev–Trinajstić information content (AvgIpc) is 3.81. The summed E-state index contributed by atoms with van der Waals surface area (Å²) in [5, 5.41) is 15.2. The van der Waals surface area contributed by atoms with Crippen LogP contribution >= 0.6 is 0 Å². The summed E-state index contributed by atoms with van der Waals surface area (Å²) in [5.74, 6) is -2.59. The molecular formula is C37H64N2O9. The van der Waals surface area contributed by atoms with Gasteiger partial charge >= 0.3 is 11.9 Å². The molecule has 0 radical (unpaired) electrons. The highest BCUT2D eigenvalue weighted by Crippen LogP contribution is 2.42. The Bertz CT molecular complexity index is 1120. The van der Waals surface area contributed by atoms with Crippen molar-refractivity contribution in [3.05, 3.63) is 0 Å². The Labute approximate surface area is 288 Å². The van der Waals surface area contributed by atoms with E-state index < -0.39 is 53.6 Å². The molecule has 3 aliphatic heterocycles. The number of esters is 2. The minimum Gasteiger partial charge on any atom is -0.458 e. The number of likely N-dealkylation sites (N-methyl/N-ethyl adjacent to an activating group) is 1. The van der Waals surface area contributed by atoms with Gasteiger partial charge in [-0.15, -0.1) is 0 Å². The molecule has 0 amide bonds. The van der Waals surface area contributed by atoms with Crippen molar-refractivity contribution in [2.45, 2.75) is 160 Å². The molecule has 48 heavy (non-hydrogen) atoms. The van der Waals surface area contributed by atoms with Gasteiger partial charge in [0.15, 0.2) is 17.7 Å². The molecular weight excluding hydrogens is 616 g/mol. The van der Waals surface area contributed by atoms with E-state index >= 15 is 0 Å². The largest absolute Gasteiger partial charge is 0.458 e. The lowest BCUT2D eigenvalue weighted by Gasteiger charge is -2.47. The standard InChI is InChI=1S/C37H64N2O9/c1-11-29-37(7)27(18-30(40)48-37)24(5)38-20-21(2)19-36(6,44-10)33(22(3)31(41)23(4)34(43)46-29)47-35-32(42)28(39(8)9)17-26(45-35)14-12-13-25-15-16-25/h21-29,32-33,35,38,42H,11-20H2,1-10H3/t21-,22+,23?,24-,26?,27-,28?,29-,32?,33-,35?,36-,37+/m1/s1. The summed E-state index contributed by atoms with van der Waals surface area (Å²) in [4.78, 5) is 42.5. The zero-order valence-corrected chi connectivity index (χ0v) is 31.2. The van der Waals surface area contributed by atoms with Crippen molar-refractivity contribution >= 4 is 17.7 Å². The smallest absolute Gasteiger partial charge is 0.316 e. The second kappa shape index (κ2) is 16.1. The lowest BCUT2D eigenvalue weighted by Crippen LogP contribution is -2.59. The van der Waals surface area contributed by atoms with E-state index in [9.17, 15) is 19.5 Å². The molecule has 0 aromatic heterocycles. The molecule has 1 aliphatic carbocycles. The molecule has 4 aliphatic rings. The van der Waals surface area contributed by atoms with Crippen molar-refractivity contribution in [2.24, 2.45) is 29.6 Å². The summed E-state index contributed by atoms with van der Waals surface area (Å²) in [7, 11) is 5.52. The highest BCUT2D eigenvalue weighted by molar-refractivity contribution is 6.00. The van der Waals surface area contributed by atoms with Crippen LogP contribution in [0.15, 0.2) is 0 Å². The van der Waals surface area contributed by atoms with E-state index in [0.29, 0.717) is 25.8 Å². The average molecular weight is 681 g/mol. The van der Waals surface area contributed by atoms with E-state index in [1.54, 1.807) is 21.0 Å². The van der Waals surface area contributed by atoms with Crippen LogP contribution in [0.25, 0.3) is 0 Å². The second-order valence-electron chi connectivity index (χ2n) is 16.1. The Hall–Kier alpha value is -1.63. The molecule has 0 aromatic carbocycles. The van der Waals surface area contributed by atoms with E-state index in [4.69, 9.17) is 23.7 Å². The van der Waals surface area contributed by atoms with Gasteiger partial charge in [-0.1, -0.05) is 46.5 Å². The number of ketones is 1. The number of aliphatic hydroxyl groups excluding tert-OH is 1. The number of hydrogen-bond donors (Lipinski definition) is 2. The fourth-order valence-corrected chi connectivity index (χ4v) is 8.55. The number of rotatable bonds is 9. The zero-order valence-electron chi connectivity index (χ0n) is 31.2. The third-order valence-corrected chi connectivity index (χ3v) is 11.9. The highest BCUT2D eigenvalue weighted by atomic mass is 16.7. The molecule has 11 nitrogen and oxygen atoms in total. The maximum absolute atomic E-state index is 14.2. The number of aliphatic hydroxyl groups is 1. The first-order valence-corrected chi connectivity index (χ1v) is 18.4. The van der Waals surface area contributed by atoms with Crippen LogP contribution in [-0.2, 0) is 38.1 Å². The number of Topliss-reactive ketones (excluding diaryl/α,β-unsaturated/α-hetero) is 1. The van der Waals surface area contributed by atoms with Crippen molar-refractivity contribution in [3.8, 4) is 0 Å². The van der Waals surface area contributed by atoms with Crippen molar-refractivity contribution in [1.29, 1.82) is 0 Å². The van der Waals surface area contributed by atoms with Gasteiger partial charge < -0.3 is 39.0 Å². The second-order valence-corrected chi connectivity index (χ2v) is 16.1. The predicted octanol–water partition coefficient (Wildman–Crippen LogP) is 4.27. The maximum atomic E-state index is 14.2. The number of hydrogen-bond acceptors (Lipinski definition) is 11. The molecule has 0 spiro atoms. The Morgan fingerprint density at radius 3 is 2.35 bits per heavy atom. The fraction of sp³-hybridized carbons (Fsp3) is 0.919. The number of methoxy groups -OCH3 is 1. The van der Waals surface area contributed by atoms with Crippen LogP contribution in [0, 0.1) is 29.6 Å². The molecule has 11 heteroatoms. The van der Waals surface area contributed by atoms with Gasteiger partial charge in [0.1, 0.15) is 18.1 Å². The van der Waals surface area contributed by atoms with Gasteiger partial charge in [-0.25, -0.2) is 0 Å². The quantitative estimate of drug-likeness (QED) is 0.267. The van der Waals surface area contributed by atoms with Gasteiger partial charge in [0.25, 0.3) is 0 Å². The first-order chi connectivity index (χ1) is 22.5. The Balaban J connectivity index is 1.65. The third kappa shape index (κ3) is 8.80. The van der Waals surface area contributed by atoms with E-state index in [0.717, 1.165) is 18.8 Å². The molecule has 4 rings (SSSR count). The number of ether oxygens (including phenoxy) is 5. The van der Waals surface area contributed by atoms with Crippen molar-refractivity contribution < 1.29 is 43.2 Å². The molecule has 0 bridgehead atoms. The van der Waals surface area contributed by atoms with E-state index in [1.807, 2.05) is 46.7 Å². The molecule has 5 unspecified atom stereocenters. The van der Waals surface area contributed by atoms with E-state index in [2.05, 4.69) is 12.2 Å². The van der Waals surface area contributed by atoms with Gasteiger partial charge in [0, 0.05) is 31.0 Å². The van der Waals surface area contributed by atoms with E-state index in [1.165, 1.54) is 19.3 Å². The first-order valence-electron chi connectivity index (χ1n) is 18.4. The molecule has 0 aromatic rings. The number of cyclic esters (lactones) is 1. The number of carbonyl (C=O) groups is 3. The number of nitrogens with zero attached hydrogens (tertiary/aromatic N) is 1. The Morgan fingerprint density at radius 1 is 1.06 bits per heavy atom. The highest BCUT2D eigenvalue weighted by Gasteiger charge is 2.55. The Morgan fingerprint density at radius 2 is 1.75 bits per heavy atom. The van der Waals surface area contributed by atoms with Crippen molar-refractivity contribution in [1.82, 2.24) is 10.2 Å². The molecule has 276 valence electrons. The SMILES string of the molecule is CC[C@H]1OC(=O)C(C)C(=O)[C@H](C)[C@@H](OC2OC(CCCC3CC3)CC(N(C)C)C2O)[C@](C)(OC)C[C@@H](C)CN[C@H](C)[C@H]2CC(=O)O[C@@]21C. The molecule has 3 heterocycles. The zero-order chi connectivity index (χ0) is 35.6. The Kier molecular flexibility index (Phi) is 13.2. The van der Waals surface area contributed by atoms with Crippen molar-refractivity contribution in [3.63, 3.8) is 0 Å². The van der Waals surface area contributed by atoms with Gasteiger partial charge in [0.2, 0.25) is 0 Å². The minimum absolute atomic E-state index is 0.0689. The summed E-state index contributed by atoms with van der Waals surface area (Å²) in [6, 6.07) is -0.303. The summed E-state index contributed by atoms with van der Waals surface area (Å²) in [5.41, 5.74) is -2.02. The molecule has 13 atom stereocenters. The molecule has 3 saturated heterocycles. The van der Waals surface area contributed by atoms with Crippen LogP contribution in [0.3, 0.4) is 0 Å². The lowest BCUT2D eigenvalue weighted by atomic mass is 9.78. The van der Waals surface area contributed by atoms with Gasteiger partial charge in [-0.2, -0.15) is 0 Å². The maximum Gasteiger partial charge on any atom is 0.316 e. The van der Waals surface area contributed by atoms with Crippen LogP contribution in [0.4, 0.5) is 0 Å². The minimum atomic E-state index is -1.11. The van der Waals surface area contributed by atoms with Crippen LogP contribution in [0.2, 0.25) is 0 Å². The van der Waals surface area contributed by atoms with Crippen molar-refractivity contribution in [2.75, 3.05) is 27.7 Å². The van der Waals surface area contributed by atoms with Crippen LogP contribution in [0.5, 0.6) is 0 Å². The first kappa shape index (κ1) is 39.2. The summed E-state index contributed by atoms with van der Waals surface area (Å²) in [6.45, 7) is 13.7. The third-order valence-electron chi connectivity index (χ3n) is 11.9. The molecule has 2 N–H and O–H groups in total. The summed E-state index contributed by atoms with van der Waals surface area (Å²) in [6.07, 6.45) is 4.01. The molecule has 4 fully saturated rings. The van der Waals surface area contributed by atoms with Crippen LogP contribution < -0.4 is 5.32 Å². The topological polar surface area (TPSA) is 133 Å². The summed E-state index contributed by atoms with van der Waals surface area (Å²) < 4.78 is 31.4. The number of nitrogens with one attached hydrogen (secondary N) is 1. The van der Waals surface area contributed by atoms with Gasteiger partial charge in [-0.3, -0.25) is 14.4 Å². The van der Waals surface area contributed by atoms with Gasteiger partial charge in [0.05, 0.1) is 24.2 Å². The monoisotopic (exact) mass is 680 g/mol. The normalized spacial score (nSPS) is 43.7. The number of carbonyl (C=O) groups excluding carboxylic acids is 3. The summed E-state index contributed by atoms with van der Waals surface area (Å²) >= 11 is 0. The molecule has 1 saturated carbocycles. The lowest BCUT2D eigenvalue weighted by molar-refractivity contribution is -0.298. The predicted molar refractivity (Wildman–Crippen MR) is 181 cm³/mol. The fourth-order valence-electron chi connectivity index (χ4n) is 8.55. The van der Waals surface area contributed by atoms with E-state index in [-0.39, 0.29) is 48.2 Å². The van der Waals surface area contributed by atoms with Crippen LogP contribution in [0.1, 0.15) is 106 Å².